The summed E-state index contributed by atoms with van der Waals surface area (Å²) in [6.45, 7) is 4.13. The molecule has 1 amide bonds. The van der Waals surface area contributed by atoms with Crippen molar-refractivity contribution >= 4 is 28.7 Å². The molecule has 10 heteroatoms. The highest BCUT2D eigenvalue weighted by Gasteiger charge is 2.31. The van der Waals surface area contributed by atoms with E-state index in [1.165, 1.54) is 12.1 Å². The number of piperidine rings is 1. The summed E-state index contributed by atoms with van der Waals surface area (Å²) in [6, 6.07) is 17.9. The summed E-state index contributed by atoms with van der Waals surface area (Å²) in [5, 5.41) is 5.10. The van der Waals surface area contributed by atoms with Crippen molar-refractivity contribution in [2.24, 2.45) is 0 Å². The lowest BCUT2D eigenvalue weighted by atomic mass is 9.89. The van der Waals surface area contributed by atoms with Crippen LogP contribution < -0.4 is 9.64 Å². The van der Waals surface area contributed by atoms with Crippen molar-refractivity contribution in [1.82, 2.24) is 14.5 Å². The number of aromatic nitrogens is 2. The molecule has 0 bridgehead atoms. The van der Waals surface area contributed by atoms with Gasteiger partial charge in [0, 0.05) is 43.6 Å². The van der Waals surface area contributed by atoms with Crippen LogP contribution in [0.5, 0.6) is 5.75 Å². The first-order valence-corrected chi connectivity index (χ1v) is 13.6. The maximum atomic E-state index is 13.4. The highest BCUT2D eigenvalue weighted by atomic mass is 35.5. The van der Waals surface area contributed by atoms with Gasteiger partial charge in [0.2, 0.25) is 0 Å². The van der Waals surface area contributed by atoms with Gasteiger partial charge in [-0.15, -0.1) is 13.2 Å². The quantitative estimate of drug-likeness (QED) is 0.238. The van der Waals surface area contributed by atoms with Crippen LogP contribution in [0.3, 0.4) is 0 Å². The molecule has 5 rings (SSSR count). The number of rotatable bonds is 7. The van der Waals surface area contributed by atoms with Crippen LogP contribution in [-0.2, 0) is 13.0 Å². The Labute approximate surface area is 235 Å². The first kappa shape index (κ1) is 27.8. The predicted octanol–water partition coefficient (Wildman–Crippen LogP) is 7.10. The van der Waals surface area contributed by atoms with Crippen LogP contribution in [-0.4, -0.2) is 46.9 Å². The van der Waals surface area contributed by atoms with Gasteiger partial charge in [-0.3, -0.25) is 4.79 Å². The Morgan fingerprint density at radius 3 is 2.38 bits per heavy atom. The van der Waals surface area contributed by atoms with Gasteiger partial charge in [-0.2, -0.15) is 5.10 Å². The molecule has 0 unspecified atom stereocenters. The smallest absolute Gasteiger partial charge is 0.406 e. The van der Waals surface area contributed by atoms with Crippen molar-refractivity contribution in [3.8, 4) is 5.75 Å². The third-order valence-corrected chi connectivity index (χ3v) is 7.60. The molecule has 1 saturated heterocycles. The summed E-state index contributed by atoms with van der Waals surface area (Å²) in [6.07, 6.45) is -0.477. The summed E-state index contributed by atoms with van der Waals surface area (Å²) >= 11 is 6.19. The zero-order valence-corrected chi connectivity index (χ0v) is 23.0. The van der Waals surface area contributed by atoms with Crippen molar-refractivity contribution < 1.29 is 22.7 Å². The van der Waals surface area contributed by atoms with Crippen molar-refractivity contribution in [3.05, 3.63) is 94.3 Å². The number of fused-ring (bicyclic) bond motifs is 1. The minimum absolute atomic E-state index is 0.0988. The third kappa shape index (κ3) is 6.20. The number of pyridine rings is 1. The second-order valence-corrected chi connectivity index (χ2v) is 10.5. The number of halogens is 4. The van der Waals surface area contributed by atoms with E-state index in [2.05, 4.69) is 26.9 Å². The number of carbonyl (C=O) groups is 1. The Balaban J connectivity index is 1.19. The van der Waals surface area contributed by atoms with E-state index in [1.807, 2.05) is 19.1 Å². The number of carbonyl (C=O) groups excluding carboxylic acids is 1. The van der Waals surface area contributed by atoms with Crippen molar-refractivity contribution in [3.63, 3.8) is 0 Å². The van der Waals surface area contributed by atoms with E-state index in [1.54, 1.807) is 46.9 Å². The molecule has 1 aliphatic rings. The fourth-order valence-corrected chi connectivity index (χ4v) is 5.47. The van der Waals surface area contributed by atoms with Gasteiger partial charge in [-0.1, -0.05) is 42.8 Å². The van der Waals surface area contributed by atoms with E-state index in [9.17, 15) is 18.0 Å². The minimum Gasteiger partial charge on any atom is -0.406 e. The summed E-state index contributed by atoms with van der Waals surface area (Å²) in [5.74, 6) is -0.00815. The first-order chi connectivity index (χ1) is 19.1. The van der Waals surface area contributed by atoms with Crippen molar-refractivity contribution in [2.75, 3.05) is 25.0 Å². The Kier molecular flexibility index (Phi) is 7.94. The number of benzene rings is 2. The van der Waals surface area contributed by atoms with E-state index in [-0.39, 0.29) is 17.6 Å². The standard InChI is InChI=1S/C30H30ClF3N4O2/c1-3-26-28(27-18-23(31)14-17-38(27)35-26)29(39)36(2)19-20-4-8-24(9-5-20)37-15-12-22(13-16-37)21-6-10-25(11-7-21)40-30(32,33)34/h4-11,14,17-18,22H,3,12-13,15-16,19H2,1-2H3. The van der Waals surface area contributed by atoms with Crippen molar-refractivity contribution in [1.29, 1.82) is 0 Å². The molecule has 2 aromatic carbocycles. The second kappa shape index (κ2) is 11.4. The zero-order chi connectivity index (χ0) is 28.4. The Morgan fingerprint density at radius 2 is 1.75 bits per heavy atom. The molecular weight excluding hydrogens is 541 g/mol. The van der Waals surface area contributed by atoms with E-state index in [0.29, 0.717) is 29.1 Å². The van der Waals surface area contributed by atoms with E-state index in [0.717, 1.165) is 48.4 Å². The monoisotopic (exact) mass is 570 g/mol. The van der Waals surface area contributed by atoms with Crippen LogP contribution in [0.4, 0.5) is 18.9 Å². The molecule has 1 aliphatic heterocycles. The Morgan fingerprint density at radius 1 is 1.07 bits per heavy atom. The van der Waals surface area contributed by atoms with Crippen LogP contribution in [0.15, 0.2) is 66.9 Å². The maximum absolute atomic E-state index is 13.4. The topological polar surface area (TPSA) is 50.1 Å². The van der Waals surface area contributed by atoms with E-state index in [4.69, 9.17) is 11.6 Å². The highest BCUT2D eigenvalue weighted by molar-refractivity contribution is 6.31. The van der Waals surface area contributed by atoms with Crippen molar-refractivity contribution in [2.45, 2.75) is 45.0 Å². The van der Waals surface area contributed by atoms with Crippen LogP contribution in [0.1, 0.15) is 52.9 Å². The number of ether oxygens (including phenoxy) is 1. The first-order valence-electron chi connectivity index (χ1n) is 13.2. The average molecular weight is 571 g/mol. The van der Waals surface area contributed by atoms with Crippen LogP contribution in [0.2, 0.25) is 5.02 Å². The van der Waals surface area contributed by atoms with Gasteiger partial charge >= 0.3 is 6.36 Å². The SMILES string of the molecule is CCc1nn2ccc(Cl)cc2c1C(=O)N(C)Cc1ccc(N2CCC(c3ccc(OC(F)(F)F)cc3)CC2)cc1. The summed E-state index contributed by atoms with van der Waals surface area (Å²) < 4.78 is 42.9. The average Bonchev–Trinajstić information content (AvgIpc) is 3.30. The molecule has 0 atom stereocenters. The number of anilines is 1. The largest absolute Gasteiger partial charge is 0.573 e. The maximum Gasteiger partial charge on any atom is 0.573 e. The molecule has 40 heavy (non-hydrogen) atoms. The fourth-order valence-electron chi connectivity index (χ4n) is 5.31. The molecule has 3 heterocycles. The van der Waals surface area contributed by atoms with E-state index >= 15 is 0 Å². The van der Waals surface area contributed by atoms with Gasteiger partial charge in [-0.05, 0) is 72.7 Å². The molecule has 0 N–H and O–H groups in total. The van der Waals surface area contributed by atoms with Gasteiger partial charge in [-0.25, -0.2) is 4.52 Å². The molecule has 2 aromatic heterocycles. The summed E-state index contributed by atoms with van der Waals surface area (Å²) in [4.78, 5) is 17.4. The molecule has 1 fully saturated rings. The Bertz CT molecular complexity index is 1480. The van der Waals surface area contributed by atoms with Gasteiger partial charge in [0.05, 0.1) is 16.8 Å². The number of aryl methyl sites for hydroxylation is 1. The summed E-state index contributed by atoms with van der Waals surface area (Å²) in [7, 11) is 1.79. The number of amides is 1. The zero-order valence-electron chi connectivity index (χ0n) is 22.3. The van der Waals surface area contributed by atoms with Crippen LogP contribution in [0, 0.1) is 0 Å². The van der Waals surface area contributed by atoms with Gasteiger partial charge in [0.15, 0.2) is 0 Å². The number of alkyl halides is 3. The minimum atomic E-state index is -4.68. The third-order valence-electron chi connectivity index (χ3n) is 7.37. The van der Waals surface area contributed by atoms with Gasteiger partial charge in [0.25, 0.3) is 5.91 Å². The lowest BCUT2D eigenvalue weighted by Gasteiger charge is -2.34. The summed E-state index contributed by atoms with van der Waals surface area (Å²) in [5.41, 5.74) is 5.17. The second-order valence-electron chi connectivity index (χ2n) is 10.1. The highest BCUT2D eigenvalue weighted by Crippen LogP contribution is 2.32. The van der Waals surface area contributed by atoms with Crippen LogP contribution in [0.25, 0.3) is 5.52 Å². The lowest BCUT2D eigenvalue weighted by Crippen LogP contribution is -2.32. The predicted molar refractivity (Wildman–Crippen MR) is 149 cm³/mol. The molecular formula is C30H30ClF3N4O2. The number of nitrogens with zero attached hydrogens (tertiary/aromatic N) is 4. The van der Waals surface area contributed by atoms with E-state index < -0.39 is 6.36 Å². The fraction of sp³-hybridized carbons (Fsp3) is 0.333. The molecule has 6 nitrogen and oxygen atoms in total. The number of hydrogen-bond acceptors (Lipinski definition) is 4. The molecule has 0 radical (unpaired) electrons. The lowest BCUT2D eigenvalue weighted by molar-refractivity contribution is -0.274. The molecule has 4 aromatic rings. The molecule has 0 aliphatic carbocycles. The molecule has 0 spiro atoms. The molecule has 210 valence electrons. The van der Waals surface area contributed by atoms with Gasteiger partial charge in [0.1, 0.15) is 5.75 Å². The van der Waals surface area contributed by atoms with Gasteiger partial charge < -0.3 is 14.5 Å². The molecule has 0 saturated carbocycles. The normalized spacial score (nSPS) is 14.5. The Hall–Kier alpha value is -3.72. The van der Waals surface area contributed by atoms with Crippen LogP contribution >= 0.6 is 11.6 Å². The number of hydrogen-bond donors (Lipinski definition) is 0.